The summed E-state index contributed by atoms with van der Waals surface area (Å²) in [7, 11) is 1.53. The summed E-state index contributed by atoms with van der Waals surface area (Å²) < 4.78 is 20.6. The summed E-state index contributed by atoms with van der Waals surface area (Å²) in [6.45, 7) is 7.37. The Morgan fingerprint density at radius 1 is 1.02 bits per heavy atom. The Hall–Kier alpha value is -5.32. The molecule has 11 heteroatoms. The number of amides is 2. The van der Waals surface area contributed by atoms with E-state index < -0.39 is 5.82 Å². The van der Waals surface area contributed by atoms with Crippen LogP contribution >= 0.6 is 0 Å². The van der Waals surface area contributed by atoms with Crippen LogP contribution in [-0.4, -0.2) is 39.9 Å². The van der Waals surface area contributed by atoms with Crippen LogP contribution in [0.3, 0.4) is 0 Å². The lowest BCUT2D eigenvalue weighted by Gasteiger charge is -2.27. The number of benzene rings is 2. The molecule has 0 aliphatic carbocycles. The summed E-state index contributed by atoms with van der Waals surface area (Å²) in [6.07, 6.45) is 3.77. The molecule has 0 saturated carbocycles. The van der Waals surface area contributed by atoms with Crippen molar-refractivity contribution < 1.29 is 18.7 Å². The van der Waals surface area contributed by atoms with Crippen molar-refractivity contribution in [2.45, 2.75) is 19.9 Å². The molecular formula is C29H28FN7O3. The smallest absolute Gasteiger partial charge is 0.269 e. The van der Waals surface area contributed by atoms with Crippen molar-refractivity contribution in [1.82, 2.24) is 20.3 Å². The van der Waals surface area contributed by atoms with Gasteiger partial charge in [0, 0.05) is 42.4 Å². The highest BCUT2D eigenvalue weighted by molar-refractivity contribution is 5.99. The number of nitrogens with zero attached hydrogens (tertiary/aromatic N) is 4. The fourth-order valence-electron chi connectivity index (χ4n) is 3.75. The van der Waals surface area contributed by atoms with Crippen LogP contribution in [0.1, 0.15) is 24.3 Å². The largest absolute Gasteiger partial charge is 0.457 e. The van der Waals surface area contributed by atoms with Gasteiger partial charge in [-0.05, 0) is 68.5 Å². The third kappa shape index (κ3) is 6.76. The number of nitrogens with one attached hydrogen (secondary N) is 3. The maximum absolute atomic E-state index is 14.7. The Morgan fingerprint density at radius 2 is 1.77 bits per heavy atom. The summed E-state index contributed by atoms with van der Waals surface area (Å²) in [5, 5.41) is 8.15. The minimum Gasteiger partial charge on any atom is -0.457 e. The van der Waals surface area contributed by atoms with Crippen LogP contribution in [0.2, 0.25) is 0 Å². The number of aromatic nitrogens is 3. The highest BCUT2D eigenvalue weighted by Crippen LogP contribution is 2.30. The predicted molar refractivity (Wildman–Crippen MR) is 152 cm³/mol. The Balaban J connectivity index is 1.55. The second-order valence-corrected chi connectivity index (χ2v) is 8.78. The van der Waals surface area contributed by atoms with Gasteiger partial charge in [-0.2, -0.15) is 4.98 Å². The molecule has 0 spiro atoms. The topological polar surface area (TPSA) is 121 Å². The number of rotatable bonds is 10. The van der Waals surface area contributed by atoms with Gasteiger partial charge in [0.1, 0.15) is 17.2 Å². The van der Waals surface area contributed by atoms with Crippen LogP contribution in [0.15, 0.2) is 85.7 Å². The summed E-state index contributed by atoms with van der Waals surface area (Å²) in [5.41, 5.74) is 2.05. The Kier molecular flexibility index (Phi) is 8.65. The molecule has 0 unspecified atom stereocenters. The number of ether oxygens (including phenoxy) is 1. The molecule has 3 N–H and O–H groups in total. The van der Waals surface area contributed by atoms with Gasteiger partial charge in [0.2, 0.25) is 11.9 Å². The van der Waals surface area contributed by atoms with E-state index in [-0.39, 0.29) is 35.3 Å². The zero-order valence-corrected chi connectivity index (χ0v) is 22.2. The molecule has 2 aromatic heterocycles. The van der Waals surface area contributed by atoms with Crippen molar-refractivity contribution in [3.63, 3.8) is 0 Å². The van der Waals surface area contributed by atoms with E-state index in [4.69, 9.17) is 4.74 Å². The molecule has 0 atom stereocenters. The highest BCUT2D eigenvalue weighted by Gasteiger charge is 2.19. The molecule has 0 bridgehead atoms. The van der Waals surface area contributed by atoms with Crippen molar-refractivity contribution in [3.8, 4) is 11.5 Å². The molecular weight excluding hydrogens is 513 g/mol. The Bertz CT molecular complexity index is 1530. The first-order valence-corrected chi connectivity index (χ1v) is 12.4. The molecule has 2 heterocycles. The van der Waals surface area contributed by atoms with Crippen LogP contribution < -0.4 is 25.6 Å². The first-order chi connectivity index (χ1) is 19.3. The van der Waals surface area contributed by atoms with E-state index in [0.717, 1.165) is 18.0 Å². The molecule has 0 fully saturated rings. The molecule has 0 aliphatic rings. The summed E-state index contributed by atoms with van der Waals surface area (Å²) in [6, 6.07) is 17.2. The van der Waals surface area contributed by atoms with E-state index in [0.29, 0.717) is 22.9 Å². The standard InChI is InChI=1S/C29H28FN7O3/c1-5-26(38)34-19-7-6-8-20(15-19)35-27-24(30)17-33-29(36-27)37(18(2)3)21-9-11-22(12-10-21)40-23-13-14-32-25(16-23)28(39)31-4/h5-18H,1H2,2-4H3,(H,31,39)(H,34,38)(H,33,35,36). The van der Waals surface area contributed by atoms with Gasteiger partial charge in [0.05, 0.1) is 6.20 Å². The van der Waals surface area contributed by atoms with Gasteiger partial charge in [0.25, 0.3) is 5.91 Å². The molecule has 40 heavy (non-hydrogen) atoms. The molecule has 10 nitrogen and oxygen atoms in total. The van der Waals surface area contributed by atoms with Crippen LogP contribution in [0.4, 0.5) is 33.2 Å². The normalized spacial score (nSPS) is 10.5. The zero-order chi connectivity index (χ0) is 28.6. The highest BCUT2D eigenvalue weighted by atomic mass is 19.1. The van der Waals surface area contributed by atoms with Crippen LogP contribution in [-0.2, 0) is 4.79 Å². The molecule has 4 aromatic rings. The van der Waals surface area contributed by atoms with Gasteiger partial charge >= 0.3 is 0 Å². The minimum absolute atomic E-state index is 0.0209. The van der Waals surface area contributed by atoms with Crippen molar-refractivity contribution in [2.75, 3.05) is 22.6 Å². The average Bonchev–Trinajstić information content (AvgIpc) is 2.95. The number of anilines is 5. The second-order valence-electron chi connectivity index (χ2n) is 8.78. The van der Waals surface area contributed by atoms with Crippen LogP contribution in [0.25, 0.3) is 0 Å². The number of halogens is 1. The van der Waals surface area contributed by atoms with E-state index in [2.05, 4.69) is 37.5 Å². The van der Waals surface area contributed by atoms with Gasteiger partial charge in [-0.25, -0.2) is 9.37 Å². The van der Waals surface area contributed by atoms with Crippen molar-refractivity contribution in [1.29, 1.82) is 0 Å². The number of carbonyl (C=O) groups excluding carboxylic acids is 2. The summed E-state index contributed by atoms with van der Waals surface area (Å²) >= 11 is 0. The first kappa shape index (κ1) is 27.7. The Labute approximate surface area is 231 Å². The molecule has 0 saturated heterocycles. The third-order valence-electron chi connectivity index (χ3n) is 5.58. The fraction of sp³-hybridized carbons (Fsp3) is 0.138. The molecule has 4 rings (SSSR count). The van der Waals surface area contributed by atoms with E-state index in [1.807, 2.05) is 30.9 Å². The summed E-state index contributed by atoms with van der Waals surface area (Å²) in [5.74, 6) is -0.0227. The number of carbonyl (C=O) groups is 2. The van der Waals surface area contributed by atoms with Crippen molar-refractivity contribution in [3.05, 3.63) is 97.2 Å². The van der Waals surface area contributed by atoms with Crippen LogP contribution in [0, 0.1) is 5.82 Å². The third-order valence-corrected chi connectivity index (χ3v) is 5.58. The molecule has 0 radical (unpaired) electrons. The maximum Gasteiger partial charge on any atom is 0.269 e. The maximum atomic E-state index is 14.7. The quantitative estimate of drug-likeness (QED) is 0.223. The van der Waals surface area contributed by atoms with Gasteiger partial charge in [-0.15, -0.1) is 0 Å². The van der Waals surface area contributed by atoms with Gasteiger partial charge in [0.15, 0.2) is 11.6 Å². The first-order valence-electron chi connectivity index (χ1n) is 12.4. The SMILES string of the molecule is C=CC(=O)Nc1cccc(Nc2nc(N(c3ccc(Oc4ccnc(C(=O)NC)c4)cc3)C(C)C)ncc2F)c1. The average molecular weight is 542 g/mol. The Morgan fingerprint density at radius 3 is 2.48 bits per heavy atom. The predicted octanol–water partition coefficient (Wildman–Crippen LogP) is 5.58. The second kappa shape index (κ2) is 12.5. The van der Waals surface area contributed by atoms with E-state index >= 15 is 0 Å². The molecule has 204 valence electrons. The van der Waals surface area contributed by atoms with Gasteiger partial charge < -0.3 is 25.6 Å². The van der Waals surface area contributed by atoms with Crippen molar-refractivity contribution in [2.24, 2.45) is 0 Å². The summed E-state index contributed by atoms with van der Waals surface area (Å²) in [4.78, 5) is 38.0. The van der Waals surface area contributed by atoms with Crippen molar-refractivity contribution >= 4 is 40.6 Å². The lowest BCUT2D eigenvalue weighted by atomic mass is 10.2. The van der Waals surface area contributed by atoms with Crippen LogP contribution in [0.5, 0.6) is 11.5 Å². The number of hydrogen-bond donors (Lipinski definition) is 3. The number of pyridine rings is 1. The monoisotopic (exact) mass is 541 g/mol. The van der Waals surface area contributed by atoms with Gasteiger partial charge in [-0.3, -0.25) is 14.6 Å². The lowest BCUT2D eigenvalue weighted by Crippen LogP contribution is -2.27. The number of hydrogen-bond acceptors (Lipinski definition) is 8. The lowest BCUT2D eigenvalue weighted by molar-refractivity contribution is -0.111. The van der Waals surface area contributed by atoms with Gasteiger partial charge in [-0.1, -0.05) is 12.6 Å². The molecule has 0 aliphatic heterocycles. The molecule has 2 aromatic carbocycles. The van der Waals surface area contributed by atoms with E-state index in [1.165, 1.54) is 13.2 Å². The van der Waals surface area contributed by atoms with E-state index in [1.54, 1.807) is 48.5 Å². The minimum atomic E-state index is -0.634. The zero-order valence-electron chi connectivity index (χ0n) is 22.2. The molecule has 2 amide bonds. The van der Waals surface area contributed by atoms with E-state index in [9.17, 15) is 14.0 Å². The fourth-order valence-corrected chi connectivity index (χ4v) is 3.75.